The van der Waals surface area contributed by atoms with Crippen molar-refractivity contribution in [3.05, 3.63) is 0 Å². The zero-order chi connectivity index (χ0) is 13.2. The molecule has 0 aliphatic heterocycles. The largest absolute Gasteiger partial charge is 0.660 e. The molecule has 0 aromatic heterocycles. The monoisotopic (exact) mass is 267 g/mol. The highest BCUT2D eigenvalue weighted by molar-refractivity contribution is 7.55. The highest BCUT2D eigenvalue weighted by Gasteiger charge is 2.44. The Bertz CT molecular complexity index is 284. The van der Waals surface area contributed by atoms with E-state index in [0.29, 0.717) is 0 Å². The lowest BCUT2D eigenvalue weighted by atomic mass is 10.1. The highest BCUT2D eigenvalue weighted by atomic mass is 31.2. The van der Waals surface area contributed by atoms with Crippen molar-refractivity contribution in [1.29, 1.82) is 0 Å². The van der Waals surface area contributed by atoms with Crippen LogP contribution in [-0.4, -0.2) is 52.0 Å². The topological polar surface area (TPSA) is 162 Å². The van der Waals surface area contributed by atoms with Gasteiger partial charge in [0.25, 0.3) is 0 Å². The van der Waals surface area contributed by atoms with Crippen LogP contribution in [0, 0.1) is 5.92 Å². The summed E-state index contributed by atoms with van der Waals surface area (Å²) in [6, 6.07) is -0.752. The number of carbonyl (C=O) groups excluding carboxylic acids is 1. The van der Waals surface area contributed by atoms with Gasteiger partial charge in [0.05, 0.1) is 24.9 Å². The van der Waals surface area contributed by atoms with Gasteiger partial charge in [-0.2, -0.15) is 0 Å². The minimum absolute atomic E-state index is 0.0703. The lowest BCUT2D eigenvalue weighted by Gasteiger charge is -2.31. The van der Waals surface area contributed by atoms with E-state index >= 15 is 0 Å². The van der Waals surface area contributed by atoms with E-state index in [1.165, 1.54) is 0 Å². The number of rotatable bonds is 4. The fourth-order valence-electron chi connectivity index (χ4n) is 2.01. The summed E-state index contributed by atoms with van der Waals surface area (Å²) >= 11 is 0. The minimum atomic E-state index is -4.50. The van der Waals surface area contributed by atoms with E-state index in [4.69, 9.17) is 10.6 Å². The van der Waals surface area contributed by atoms with E-state index in [-0.39, 0.29) is 13.0 Å². The van der Waals surface area contributed by atoms with E-state index < -0.39 is 44.2 Å². The Hall–Kier alpha value is -0.340. The van der Waals surface area contributed by atoms with Gasteiger partial charge in [0.2, 0.25) is 5.91 Å². The third-order valence-electron chi connectivity index (χ3n) is 2.80. The van der Waals surface area contributed by atoms with Crippen LogP contribution in [0.2, 0.25) is 0 Å². The molecule has 4 atom stereocenters. The van der Waals surface area contributed by atoms with Gasteiger partial charge in [0.15, 0.2) is 0 Å². The molecule has 9 heteroatoms. The SMILES string of the molecule is NCC(=O)N[C@@H]1C[C@H](C[P+]([O-])([O-])O)[C@@H](O)[C@H]1O. The van der Waals surface area contributed by atoms with Gasteiger partial charge in [-0.05, 0) is 6.42 Å². The van der Waals surface area contributed by atoms with Crippen LogP contribution in [0.15, 0.2) is 0 Å². The zero-order valence-electron chi connectivity index (χ0n) is 9.02. The van der Waals surface area contributed by atoms with E-state index in [0.717, 1.165) is 0 Å². The lowest BCUT2D eigenvalue weighted by Crippen LogP contribution is -2.45. The van der Waals surface area contributed by atoms with E-state index in [1.807, 2.05) is 0 Å². The van der Waals surface area contributed by atoms with Crippen LogP contribution in [0.3, 0.4) is 0 Å². The van der Waals surface area contributed by atoms with Gasteiger partial charge < -0.3 is 31.1 Å². The molecule has 0 aromatic carbocycles. The first kappa shape index (κ1) is 14.7. The van der Waals surface area contributed by atoms with Crippen molar-refractivity contribution in [3.8, 4) is 0 Å². The Labute approximate surface area is 98.7 Å². The standard InChI is InChI=1S/C8H17N2O6P/c9-2-6(11)10-5-1-4(3-17(14,15)16)7(12)8(5)13/h4-5,7-8,12-13H,1-3,9H2,(H,10,11)(H2,14,15,16)/p-1/t4-,5-,7-,8+/m1/s1. The van der Waals surface area contributed by atoms with Crippen LogP contribution < -0.4 is 20.8 Å². The van der Waals surface area contributed by atoms with Gasteiger partial charge >= 0.3 is 0 Å². The molecule has 0 unspecified atom stereocenters. The smallest absolute Gasteiger partial charge is 0.234 e. The molecule has 1 fully saturated rings. The predicted octanol–water partition coefficient (Wildman–Crippen LogP) is -4.35. The number of nitrogens with one attached hydrogen (secondary N) is 1. The van der Waals surface area contributed by atoms with E-state index in [1.54, 1.807) is 0 Å². The van der Waals surface area contributed by atoms with E-state index in [9.17, 15) is 24.8 Å². The summed E-state index contributed by atoms with van der Waals surface area (Å²) in [7, 11) is -4.50. The van der Waals surface area contributed by atoms with Crippen LogP contribution in [-0.2, 0) is 4.79 Å². The van der Waals surface area contributed by atoms with Crippen LogP contribution in [0.4, 0.5) is 0 Å². The number of amides is 1. The maximum absolute atomic E-state index is 11.0. The summed E-state index contributed by atoms with van der Waals surface area (Å²) in [5, 5.41) is 21.5. The van der Waals surface area contributed by atoms with Crippen molar-refractivity contribution in [1.82, 2.24) is 5.32 Å². The molecule has 0 spiro atoms. The first-order valence-corrected chi connectivity index (χ1v) is 6.89. The Morgan fingerprint density at radius 1 is 1.41 bits per heavy atom. The van der Waals surface area contributed by atoms with Crippen molar-refractivity contribution >= 4 is 13.9 Å². The normalized spacial score (nSPS) is 33.8. The van der Waals surface area contributed by atoms with Crippen LogP contribution in [0.25, 0.3) is 0 Å². The van der Waals surface area contributed by atoms with Crippen molar-refractivity contribution in [2.75, 3.05) is 12.7 Å². The van der Waals surface area contributed by atoms with Crippen molar-refractivity contribution < 1.29 is 29.7 Å². The molecule has 0 aromatic rings. The summed E-state index contributed by atoms with van der Waals surface area (Å²) in [5.74, 6) is -1.31. The van der Waals surface area contributed by atoms with Crippen molar-refractivity contribution in [2.45, 2.75) is 24.7 Å². The Morgan fingerprint density at radius 2 is 2.00 bits per heavy atom. The molecule has 1 saturated carbocycles. The van der Waals surface area contributed by atoms with Gasteiger partial charge in [-0.15, -0.1) is 0 Å². The quantitative estimate of drug-likeness (QED) is 0.321. The minimum Gasteiger partial charge on any atom is -0.660 e. The van der Waals surface area contributed by atoms with Gasteiger partial charge in [-0.1, -0.05) is 0 Å². The van der Waals surface area contributed by atoms with E-state index in [2.05, 4.69) is 5.32 Å². The number of nitrogens with two attached hydrogens (primary N) is 1. The number of hydrogen-bond donors (Lipinski definition) is 5. The Balaban J connectivity index is 2.59. The third kappa shape index (κ3) is 4.11. The first-order valence-electron chi connectivity index (χ1n) is 5.13. The number of hydrogen-bond acceptors (Lipinski definition) is 7. The fourth-order valence-corrected chi connectivity index (χ4v) is 2.97. The molecule has 8 nitrogen and oxygen atoms in total. The maximum Gasteiger partial charge on any atom is 0.234 e. The molecule has 100 valence electrons. The van der Waals surface area contributed by atoms with Crippen LogP contribution in [0.1, 0.15) is 6.42 Å². The first-order chi connectivity index (χ1) is 7.74. The predicted molar refractivity (Wildman–Crippen MR) is 55.1 cm³/mol. The fraction of sp³-hybridized carbons (Fsp3) is 0.875. The molecule has 0 saturated heterocycles. The number of aliphatic hydroxyl groups excluding tert-OH is 2. The molecule has 6 N–H and O–H groups in total. The lowest BCUT2D eigenvalue weighted by molar-refractivity contribution is -0.332. The summed E-state index contributed by atoms with van der Waals surface area (Å²) in [6.07, 6.45) is -3.12. The molecular weight excluding hydrogens is 251 g/mol. The molecule has 0 heterocycles. The van der Waals surface area contributed by atoms with Crippen molar-refractivity contribution in [3.63, 3.8) is 0 Å². The second-order valence-electron chi connectivity index (χ2n) is 4.18. The zero-order valence-corrected chi connectivity index (χ0v) is 9.92. The number of carbonyl (C=O) groups is 1. The van der Waals surface area contributed by atoms with Crippen LogP contribution in [0.5, 0.6) is 0 Å². The van der Waals surface area contributed by atoms with Crippen molar-refractivity contribution in [2.24, 2.45) is 11.7 Å². The maximum atomic E-state index is 11.0. The van der Waals surface area contributed by atoms with Crippen LogP contribution >= 0.6 is 7.94 Å². The van der Waals surface area contributed by atoms with Gasteiger partial charge in [0.1, 0.15) is 6.10 Å². The molecule has 17 heavy (non-hydrogen) atoms. The molecular formula is C8H16N2O6P-. The average Bonchev–Trinajstić information content (AvgIpc) is 2.44. The second-order valence-corrected chi connectivity index (χ2v) is 5.82. The highest BCUT2D eigenvalue weighted by Crippen LogP contribution is 2.41. The van der Waals surface area contributed by atoms with Gasteiger partial charge in [0, 0.05) is 13.9 Å². The summed E-state index contributed by atoms with van der Waals surface area (Å²) in [4.78, 5) is 41.1. The van der Waals surface area contributed by atoms with Gasteiger partial charge in [-0.3, -0.25) is 9.69 Å². The molecule has 1 amide bonds. The molecule has 1 aliphatic carbocycles. The summed E-state index contributed by atoms with van der Waals surface area (Å²) in [6.45, 7) is -0.260. The molecule has 1 rings (SSSR count). The Kier molecular flexibility index (Phi) is 4.79. The van der Waals surface area contributed by atoms with Gasteiger partial charge in [-0.25, -0.2) is 0 Å². The third-order valence-corrected chi connectivity index (χ3v) is 3.73. The molecule has 0 radical (unpaired) electrons. The Morgan fingerprint density at radius 3 is 2.47 bits per heavy atom. The average molecular weight is 267 g/mol. The molecule has 1 aliphatic rings. The molecule has 0 bridgehead atoms. The summed E-state index contributed by atoms with van der Waals surface area (Å²) < 4.78 is 0. The second kappa shape index (κ2) is 5.53. The summed E-state index contributed by atoms with van der Waals surface area (Å²) in [5.41, 5.74) is 5.08. The number of aliphatic hydroxyl groups is 2.